The molecule has 0 saturated heterocycles. The van der Waals surface area contributed by atoms with E-state index < -0.39 is 0 Å². The third kappa shape index (κ3) is 3.10. The van der Waals surface area contributed by atoms with E-state index in [0.717, 1.165) is 5.56 Å². The van der Waals surface area contributed by atoms with Gasteiger partial charge in [-0.2, -0.15) is 9.61 Å². The fraction of sp³-hybridized carbons (Fsp3) is 0.333. The Kier molecular flexibility index (Phi) is 5.27. The van der Waals surface area contributed by atoms with Gasteiger partial charge in [-0.3, -0.25) is 4.90 Å². The van der Waals surface area contributed by atoms with Gasteiger partial charge in [0.2, 0.25) is 10.8 Å². The van der Waals surface area contributed by atoms with Crippen molar-refractivity contribution in [2.45, 2.75) is 13.0 Å². The number of hydrogen-bond acceptors (Lipinski definition) is 6. The molecule has 0 aliphatic carbocycles. The molecule has 2 N–H and O–H groups in total. The van der Waals surface area contributed by atoms with Gasteiger partial charge in [0.25, 0.3) is 0 Å². The zero-order valence-corrected chi connectivity index (χ0v) is 15.2. The number of thiazole rings is 1. The van der Waals surface area contributed by atoms with Crippen molar-refractivity contribution < 1.29 is 10.2 Å². The average molecular weight is 387 g/mol. The first-order chi connectivity index (χ1) is 11.6. The summed E-state index contributed by atoms with van der Waals surface area (Å²) in [4.78, 5) is 7.43. The van der Waals surface area contributed by atoms with Gasteiger partial charge in [0.1, 0.15) is 6.33 Å². The van der Waals surface area contributed by atoms with Crippen LogP contribution in [-0.2, 0) is 0 Å². The van der Waals surface area contributed by atoms with E-state index in [0.29, 0.717) is 33.0 Å². The Morgan fingerprint density at radius 1 is 1.38 bits per heavy atom. The summed E-state index contributed by atoms with van der Waals surface area (Å²) in [5, 5.41) is 25.1. The molecule has 0 aliphatic heterocycles. The maximum Gasteiger partial charge on any atom is 0.230 e. The standard InChI is InChI=1S/C15H16Cl2N4O2S/c1-2-20(5-6-22)12(10-4-3-9(16)7-11(10)17)13-14(23)21-15(24-13)18-8-19-21/h3-4,7-8,12,22-23H,2,5-6H2,1H3. The van der Waals surface area contributed by atoms with Crippen LogP contribution in [0.4, 0.5) is 0 Å². The molecular formula is C15H16Cl2N4O2S. The van der Waals surface area contributed by atoms with Crippen LogP contribution >= 0.6 is 34.5 Å². The summed E-state index contributed by atoms with van der Waals surface area (Å²) in [6, 6.07) is 4.94. The lowest BCUT2D eigenvalue weighted by atomic mass is 10.0. The summed E-state index contributed by atoms with van der Waals surface area (Å²) in [5.74, 6) is 0.0277. The molecule has 24 heavy (non-hydrogen) atoms. The Morgan fingerprint density at radius 2 is 2.17 bits per heavy atom. The molecule has 0 radical (unpaired) electrons. The lowest BCUT2D eigenvalue weighted by Crippen LogP contribution is -2.32. The number of benzene rings is 1. The lowest BCUT2D eigenvalue weighted by molar-refractivity contribution is 0.174. The minimum absolute atomic E-state index is 0.00291. The van der Waals surface area contributed by atoms with Crippen molar-refractivity contribution in [2.75, 3.05) is 19.7 Å². The Labute approximate surface area is 152 Å². The van der Waals surface area contributed by atoms with Crippen molar-refractivity contribution in [1.82, 2.24) is 19.5 Å². The summed E-state index contributed by atoms with van der Waals surface area (Å²) in [7, 11) is 0. The molecule has 6 nitrogen and oxygen atoms in total. The highest BCUT2D eigenvalue weighted by atomic mass is 35.5. The van der Waals surface area contributed by atoms with Crippen molar-refractivity contribution in [3.8, 4) is 5.88 Å². The highest BCUT2D eigenvalue weighted by molar-refractivity contribution is 7.17. The van der Waals surface area contributed by atoms with Gasteiger partial charge >= 0.3 is 0 Å². The van der Waals surface area contributed by atoms with E-state index in [-0.39, 0.29) is 18.5 Å². The number of fused-ring (bicyclic) bond motifs is 1. The monoisotopic (exact) mass is 386 g/mol. The third-order valence-corrected chi connectivity index (χ3v) is 5.45. The predicted octanol–water partition coefficient (Wildman–Crippen LogP) is 3.21. The second-order valence-corrected chi connectivity index (χ2v) is 7.02. The summed E-state index contributed by atoms with van der Waals surface area (Å²) >= 11 is 13.8. The van der Waals surface area contributed by atoms with Crippen LogP contribution < -0.4 is 0 Å². The summed E-state index contributed by atoms with van der Waals surface area (Å²) in [6.07, 6.45) is 1.39. The van der Waals surface area contributed by atoms with Crippen molar-refractivity contribution in [1.29, 1.82) is 0 Å². The van der Waals surface area contributed by atoms with E-state index in [9.17, 15) is 10.2 Å². The molecule has 9 heteroatoms. The molecule has 2 heterocycles. The van der Waals surface area contributed by atoms with E-state index >= 15 is 0 Å². The molecule has 2 aromatic heterocycles. The maximum absolute atomic E-state index is 10.6. The molecule has 0 fully saturated rings. The molecule has 3 aromatic rings. The number of halogens is 2. The Balaban J connectivity index is 2.17. The minimum atomic E-state index is -0.333. The van der Waals surface area contributed by atoms with E-state index in [1.165, 1.54) is 22.2 Å². The SMILES string of the molecule is CCN(CCO)C(c1ccc(Cl)cc1Cl)c1sc2ncnn2c1O. The topological polar surface area (TPSA) is 73.9 Å². The van der Waals surface area contributed by atoms with Crippen LogP contribution in [0.1, 0.15) is 23.4 Å². The van der Waals surface area contributed by atoms with Crippen molar-refractivity contribution in [3.05, 3.63) is 45.0 Å². The fourth-order valence-corrected chi connectivity index (χ4v) is 4.29. The largest absolute Gasteiger partial charge is 0.492 e. The Bertz CT molecular complexity index is 851. The fourth-order valence-electron chi connectivity index (χ4n) is 2.70. The van der Waals surface area contributed by atoms with Crippen molar-refractivity contribution in [2.24, 2.45) is 0 Å². The van der Waals surface area contributed by atoms with Crippen molar-refractivity contribution in [3.63, 3.8) is 0 Å². The molecule has 1 unspecified atom stereocenters. The molecule has 1 atom stereocenters. The molecule has 128 valence electrons. The molecule has 1 aromatic carbocycles. The number of rotatable bonds is 6. The summed E-state index contributed by atoms with van der Waals surface area (Å²) < 4.78 is 1.39. The maximum atomic E-state index is 10.6. The first kappa shape index (κ1) is 17.4. The predicted molar refractivity (Wildman–Crippen MR) is 95.2 cm³/mol. The number of aliphatic hydroxyl groups excluding tert-OH is 1. The van der Waals surface area contributed by atoms with Gasteiger partial charge in [0, 0.05) is 16.6 Å². The highest BCUT2D eigenvalue weighted by Gasteiger charge is 2.29. The molecule has 0 saturated carbocycles. The van der Waals surface area contributed by atoms with Crippen LogP contribution in [0.25, 0.3) is 4.96 Å². The van der Waals surface area contributed by atoms with Gasteiger partial charge in [0.05, 0.1) is 17.5 Å². The van der Waals surface area contributed by atoms with E-state index in [4.69, 9.17) is 23.2 Å². The van der Waals surface area contributed by atoms with E-state index in [1.807, 2.05) is 17.9 Å². The van der Waals surface area contributed by atoms with Gasteiger partial charge < -0.3 is 10.2 Å². The zero-order chi connectivity index (χ0) is 17.3. The first-order valence-electron chi connectivity index (χ1n) is 7.38. The molecule has 0 amide bonds. The van der Waals surface area contributed by atoms with Crippen molar-refractivity contribution >= 4 is 39.5 Å². The number of aliphatic hydroxyl groups is 1. The highest BCUT2D eigenvalue weighted by Crippen LogP contribution is 2.42. The second kappa shape index (κ2) is 7.25. The molecule has 0 aliphatic rings. The third-order valence-electron chi connectivity index (χ3n) is 3.80. The number of likely N-dealkylation sites (N-methyl/N-ethyl adjacent to an activating group) is 1. The smallest absolute Gasteiger partial charge is 0.230 e. The van der Waals surface area contributed by atoms with E-state index in [1.54, 1.807) is 12.1 Å². The van der Waals surface area contributed by atoms with Crippen LogP contribution in [0, 0.1) is 0 Å². The molecular weight excluding hydrogens is 371 g/mol. The van der Waals surface area contributed by atoms with Crippen LogP contribution in [-0.4, -0.2) is 49.4 Å². The normalized spacial score (nSPS) is 13.0. The molecule has 0 bridgehead atoms. The number of aromatic hydroxyl groups is 1. The quantitative estimate of drug-likeness (QED) is 0.680. The lowest BCUT2D eigenvalue weighted by Gasteiger charge is -2.30. The van der Waals surface area contributed by atoms with Gasteiger partial charge in [-0.1, -0.05) is 47.5 Å². The van der Waals surface area contributed by atoms with Gasteiger partial charge in [-0.15, -0.1) is 0 Å². The van der Waals surface area contributed by atoms with E-state index in [2.05, 4.69) is 10.1 Å². The molecule has 0 spiro atoms. The zero-order valence-electron chi connectivity index (χ0n) is 12.9. The Morgan fingerprint density at radius 3 is 2.79 bits per heavy atom. The molecule has 3 rings (SSSR count). The van der Waals surface area contributed by atoms with Crippen LogP contribution in [0.2, 0.25) is 10.0 Å². The second-order valence-electron chi connectivity index (χ2n) is 5.16. The van der Waals surface area contributed by atoms with Gasteiger partial charge in [0.15, 0.2) is 0 Å². The van der Waals surface area contributed by atoms with Crippen LogP contribution in [0.3, 0.4) is 0 Å². The average Bonchev–Trinajstić information content (AvgIpc) is 3.12. The van der Waals surface area contributed by atoms with Gasteiger partial charge in [-0.05, 0) is 24.2 Å². The number of hydrogen-bond donors (Lipinski definition) is 2. The van der Waals surface area contributed by atoms with Crippen LogP contribution in [0.15, 0.2) is 24.5 Å². The minimum Gasteiger partial charge on any atom is -0.492 e. The van der Waals surface area contributed by atoms with Crippen LogP contribution in [0.5, 0.6) is 5.88 Å². The summed E-state index contributed by atoms with van der Waals surface area (Å²) in [5.41, 5.74) is 0.802. The Hall–Kier alpha value is -1.38. The van der Waals surface area contributed by atoms with Gasteiger partial charge in [-0.25, -0.2) is 4.98 Å². The first-order valence-corrected chi connectivity index (χ1v) is 8.95. The number of aromatic nitrogens is 3. The number of nitrogens with zero attached hydrogens (tertiary/aromatic N) is 4. The summed E-state index contributed by atoms with van der Waals surface area (Å²) in [6.45, 7) is 3.09.